The van der Waals surface area contributed by atoms with Crippen LogP contribution < -0.4 is 5.32 Å². The molecule has 2 aromatic heterocycles. The quantitative estimate of drug-likeness (QED) is 0.691. The molecule has 24 heavy (non-hydrogen) atoms. The number of nitrogens with zero attached hydrogens (tertiary/aromatic N) is 2. The number of aromatic nitrogens is 2. The molecule has 0 unspecified atom stereocenters. The van der Waals surface area contributed by atoms with E-state index in [9.17, 15) is 4.79 Å². The van der Waals surface area contributed by atoms with Gasteiger partial charge in [0.25, 0.3) is 11.1 Å². The summed E-state index contributed by atoms with van der Waals surface area (Å²) in [6, 6.07) is 11.5. The maximum absolute atomic E-state index is 12.2. The van der Waals surface area contributed by atoms with Gasteiger partial charge in [-0.05, 0) is 31.5 Å². The Hall–Kier alpha value is -2.54. The number of furan rings is 1. The third-order valence-corrected chi connectivity index (χ3v) is 4.31. The van der Waals surface area contributed by atoms with E-state index in [1.165, 1.54) is 23.6 Å². The molecule has 1 amide bonds. The van der Waals surface area contributed by atoms with Crippen LogP contribution in [0.3, 0.4) is 0 Å². The van der Waals surface area contributed by atoms with Crippen molar-refractivity contribution in [3.63, 3.8) is 0 Å². The highest BCUT2D eigenvalue weighted by molar-refractivity contribution is 8.00. The predicted octanol–water partition coefficient (Wildman–Crippen LogP) is 3.44. The molecule has 0 radical (unpaired) electrons. The highest BCUT2D eigenvalue weighted by Gasteiger charge is 2.19. The van der Waals surface area contributed by atoms with Gasteiger partial charge >= 0.3 is 0 Å². The lowest BCUT2D eigenvalue weighted by atomic mass is 10.1. The van der Waals surface area contributed by atoms with E-state index in [1.807, 2.05) is 31.2 Å². The van der Waals surface area contributed by atoms with E-state index >= 15 is 0 Å². The average Bonchev–Trinajstić information content (AvgIpc) is 3.25. The van der Waals surface area contributed by atoms with Crippen molar-refractivity contribution in [3.05, 3.63) is 53.8 Å². The molecule has 1 N–H and O–H groups in total. The van der Waals surface area contributed by atoms with Crippen LogP contribution in [0.15, 0.2) is 56.7 Å². The van der Waals surface area contributed by atoms with E-state index in [0.717, 1.165) is 5.56 Å². The maximum Gasteiger partial charge on any atom is 0.284 e. The molecule has 1 aromatic carbocycles. The Morgan fingerprint density at radius 3 is 2.75 bits per heavy atom. The summed E-state index contributed by atoms with van der Waals surface area (Å²) in [7, 11) is 0. The molecule has 0 aliphatic heterocycles. The molecule has 0 aliphatic carbocycles. The molecule has 1 atom stereocenters. The van der Waals surface area contributed by atoms with Gasteiger partial charge in [0.1, 0.15) is 0 Å². The molecule has 6 nitrogen and oxygen atoms in total. The zero-order valence-electron chi connectivity index (χ0n) is 13.4. The number of nitrogens with one attached hydrogen (secondary N) is 1. The fourth-order valence-electron chi connectivity index (χ4n) is 2.00. The summed E-state index contributed by atoms with van der Waals surface area (Å²) in [5, 5.41) is 10.7. The molecule has 0 saturated carbocycles. The van der Waals surface area contributed by atoms with E-state index in [4.69, 9.17) is 8.83 Å². The molecular formula is C17H17N3O3S. The summed E-state index contributed by atoms with van der Waals surface area (Å²) >= 11 is 1.21. The minimum absolute atomic E-state index is 0.0849. The van der Waals surface area contributed by atoms with E-state index < -0.39 is 0 Å². The van der Waals surface area contributed by atoms with E-state index in [2.05, 4.69) is 15.5 Å². The summed E-state index contributed by atoms with van der Waals surface area (Å²) in [6.07, 6.45) is 1.54. The molecule has 3 rings (SSSR count). The number of amides is 1. The Morgan fingerprint density at radius 2 is 2.04 bits per heavy atom. The fourth-order valence-corrected chi connectivity index (χ4v) is 2.71. The third kappa shape index (κ3) is 4.05. The molecule has 0 fully saturated rings. The lowest BCUT2D eigenvalue weighted by molar-refractivity contribution is -0.120. The topological polar surface area (TPSA) is 81.2 Å². The summed E-state index contributed by atoms with van der Waals surface area (Å²) < 4.78 is 10.7. The number of carbonyl (C=O) groups excluding carboxylic acids is 1. The zero-order valence-corrected chi connectivity index (χ0v) is 14.2. The Balaban J connectivity index is 1.53. The Kier molecular flexibility index (Phi) is 5.00. The number of benzene rings is 1. The van der Waals surface area contributed by atoms with Crippen LogP contribution in [0, 0.1) is 6.92 Å². The smallest absolute Gasteiger partial charge is 0.284 e. The Labute approximate surface area is 143 Å². The number of aryl methyl sites for hydroxylation is 1. The van der Waals surface area contributed by atoms with Crippen LogP contribution in [0.25, 0.3) is 11.7 Å². The van der Waals surface area contributed by atoms with Crippen molar-refractivity contribution < 1.29 is 13.6 Å². The van der Waals surface area contributed by atoms with Crippen molar-refractivity contribution in [2.75, 3.05) is 0 Å². The number of hydrogen-bond acceptors (Lipinski definition) is 6. The average molecular weight is 343 g/mol. The lowest BCUT2D eigenvalue weighted by Crippen LogP contribution is -2.30. The predicted molar refractivity (Wildman–Crippen MR) is 90.3 cm³/mol. The first-order valence-corrected chi connectivity index (χ1v) is 8.37. The van der Waals surface area contributed by atoms with Gasteiger partial charge in [0.05, 0.1) is 11.5 Å². The van der Waals surface area contributed by atoms with Crippen molar-refractivity contribution in [1.29, 1.82) is 0 Å². The maximum atomic E-state index is 12.2. The molecular weight excluding hydrogens is 326 g/mol. The summed E-state index contributed by atoms with van der Waals surface area (Å²) in [4.78, 5) is 12.2. The van der Waals surface area contributed by atoms with Crippen molar-refractivity contribution >= 4 is 17.7 Å². The van der Waals surface area contributed by atoms with Crippen LogP contribution in [-0.2, 0) is 11.3 Å². The second kappa shape index (κ2) is 7.35. The summed E-state index contributed by atoms with van der Waals surface area (Å²) in [5.74, 6) is 0.721. The molecule has 124 valence electrons. The molecule has 0 spiro atoms. The van der Waals surface area contributed by atoms with Gasteiger partial charge in [-0.1, -0.05) is 41.6 Å². The molecule has 0 aliphatic rings. The summed E-state index contributed by atoms with van der Waals surface area (Å²) in [6.45, 7) is 4.32. The Morgan fingerprint density at radius 1 is 1.25 bits per heavy atom. The second-order valence-electron chi connectivity index (χ2n) is 5.31. The van der Waals surface area contributed by atoms with Gasteiger partial charge in [0, 0.05) is 6.54 Å². The van der Waals surface area contributed by atoms with Crippen LogP contribution >= 0.6 is 11.8 Å². The van der Waals surface area contributed by atoms with Crippen molar-refractivity contribution in [2.45, 2.75) is 30.9 Å². The normalized spacial score (nSPS) is 12.1. The number of hydrogen-bond donors (Lipinski definition) is 1. The second-order valence-corrected chi connectivity index (χ2v) is 6.61. The fraction of sp³-hybridized carbons (Fsp3) is 0.235. The first-order valence-electron chi connectivity index (χ1n) is 7.49. The van der Waals surface area contributed by atoms with Crippen LogP contribution in [0.1, 0.15) is 18.1 Å². The van der Waals surface area contributed by atoms with Crippen LogP contribution in [0.2, 0.25) is 0 Å². The standard InChI is InChI=1S/C17H17N3O3S/c1-11-5-7-13(8-6-11)10-18-15(21)12(2)24-17-20-19-16(23-17)14-4-3-9-22-14/h3-9,12H,10H2,1-2H3,(H,18,21)/t12-/m0/s1. The van der Waals surface area contributed by atoms with Crippen molar-refractivity contribution in [2.24, 2.45) is 0 Å². The van der Waals surface area contributed by atoms with Crippen LogP contribution in [-0.4, -0.2) is 21.4 Å². The third-order valence-electron chi connectivity index (χ3n) is 3.37. The molecule has 2 heterocycles. The monoisotopic (exact) mass is 343 g/mol. The van der Waals surface area contributed by atoms with Crippen molar-refractivity contribution in [1.82, 2.24) is 15.5 Å². The minimum Gasteiger partial charge on any atom is -0.459 e. The van der Waals surface area contributed by atoms with E-state index in [1.54, 1.807) is 19.1 Å². The van der Waals surface area contributed by atoms with Gasteiger partial charge in [0.2, 0.25) is 5.91 Å². The minimum atomic E-state index is -0.347. The van der Waals surface area contributed by atoms with Gasteiger partial charge in [0.15, 0.2) is 5.76 Å². The SMILES string of the molecule is Cc1ccc(CNC(=O)[C@H](C)Sc2nnc(-c3ccco3)o2)cc1. The van der Waals surface area contributed by atoms with Crippen molar-refractivity contribution in [3.8, 4) is 11.7 Å². The highest BCUT2D eigenvalue weighted by atomic mass is 32.2. The van der Waals surface area contributed by atoms with Crippen LogP contribution in [0.5, 0.6) is 0 Å². The largest absolute Gasteiger partial charge is 0.459 e. The van der Waals surface area contributed by atoms with Gasteiger partial charge in [-0.2, -0.15) is 0 Å². The zero-order chi connectivity index (χ0) is 16.9. The highest BCUT2D eigenvalue weighted by Crippen LogP contribution is 2.26. The van der Waals surface area contributed by atoms with E-state index in [0.29, 0.717) is 23.4 Å². The number of rotatable bonds is 6. The lowest BCUT2D eigenvalue weighted by Gasteiger charge is -2.10. The molecule has 0 saturated heterocycles. The molecule has 3 aromatic rings. The molecule has 7 heteroatoms. The molecule has 0 bridgehead atoms. The van der Waals surface area contributed by atoms with Gasteiger partial charge in [-0.3, -0.25) is 4.79 Å². The first-order chi connectivity index (χ1) is 11.6. The number of carbonyl (C=O) groups is 1. The first kappa shape index (κ1) is 16.3. The van der Waals surface area contributed by atoms with Crippen LogP contribution in [0.4, 0.5) is 0 Å². The number of thioether (sulfide) groups is 1. The summed E-state index contributed by atoms with van der Waals surface area (Å²) in [5.41, 5.74) is 2.25. The van der Waals surface area contributed by atoms with Gasteiger partial charge < -0.3 is 14.2 Å². The van der Waals surface area contributed by atoms with E-state index in [-0.39, 0.29) is 11.2 Å². The Bertz CT molecular complexity index is 797. The van der Waals surface area contributed by atoms with Gasteiger partial charge in [-0.25, -0.2) is 0 Å². The van der Waals surface area contributed by atoms with Gasteiger partial charge in [-0.15, -0.1) is 10.2 Å².